The fourth-order valence-corrected chi connectivity index (χ4v) is 4.86. The molecule has 3 rings (SSSR count). The molecule has 0 saturated heterocycles. The lowest BCUT2D eigenvalue weighted by atomic mass is 10.3. The second-order valence-corrected chi connectivity index (χ2v) is 8.64. The Morgan fingerprint density at radius 1 is 1.28 bits per heavy atom. The number of hydrogen-bond acceptors (Lipinski definition) is 6. The van der Waals surface area contributed by atoms with Gasteiger partial charge in [0, 0.05) is 18.3 Å². The summed E-state index contributed by atoms with van der Waals surface area (Å²) in [6.45, 7) is 0.184. The van der Waals surface area contributed by atoms with Crippen molar-refractivity contribution in [1.82, 2.24) is 9.71 Å². The molecule has 0 aliphatic carbocycles. The van der Waals surface area contributed by atoms with Crippen LogP contribution in [-0.2, 0) is 16.4 Å². The van der Waals surface area contributed by atoms with Gasteiger partial charge in [-0.15, -0.1) is 22.7 Å². The van der Waals surface area contributed by atoms with Crippen molar-refractivity contribution in [3.8, 4) is 15.6 Å². The molecular weight excluding hydrogens is 383 g/mol. The molecule has 0 aliphatic heterocycles. The SMILES string of the molecule is COc1ccc(S(=O)(=O)NCCc2csc(-c3cccs3)n2)cc1F. The van der Waals surface area contributed by atoms with Gasteiger partial charge in [0.2, 0.25) is 10.0 Å². The third-order valence-electron chi connectivity index (χ3n) is 3.39. The van der Waals surface area contributed by atoms with Crippen LogP contribution < -0.4 is 9.46 Å². The lowest BCUT2D eigenvalue weighted by Crippen LogP contribution is -2.26. The predicted octanol–water partition coefficient (Wildman–Crippen LogP) is 3.54. The summed E-state index contributed by atoms with van der Waals surface area (Å²) in [5.41, 5.74) is 0.817. The van der Waals surface area contributed by atoms with Gasteiger partial charge in [0.25, 0.3) is 0 Å². The summed E-state index contributed by atoms with van der Waals surface area (Å²) >= 11 is 3.14. The number of thiophene rings is 1. The van der Waals surface area contributed by atoms with Crippen LogP contribution in [0.2, 0.25) is 0 Å². The smallest absolute Gasteiger partial charge is 0.240 e. The molecule has 0 atom stereocenters. The van der Waals surface area contributed by atoms with Crippen LogP contribution >= 0.6 is 22.7 Å². The maximum atomic E-state index is 13.7. The standard InChI is InChI=1S/C16H15FN2O3S3/c1-22-14-5-4-12(9-13(14)17)25(20,21)18-7-6-11-10-24-16(19-11)15-3-2-8-23-15/h2-5,8-10,18H,6-7H2,1H3. The number of nitrogens with one attached hydrogen (secondary N) is 1. The molecule has 5 nitrogen and oxygen atoms in total. The van der Waals surface area contributed by atoms with Crippen LogP contribution in [0.4, 0.5) is 4.39 Å². The van der Waals surface area contributed by atoms with Crippen molar-refractivity contribution in [3.05, 3.63) is 52.6 Å². The number of benzene rings is 1. The number of halogens is 1. The molecule has 0 unspecified atom stereocenters. The van der Waals surface area contributed by atoms with Gasteiger partial charge < -0.3 is 4.74 Å². The van der Waals surface area contributed by atoms with E-state index in [0.717, 1.165) is 21.6 Å². The van der Waals surface area contributed by atoms with E-state index >= 15 is 0 Å². The molecule has 0 aliphatic rings. The summed E-state index contributed by atoms with van der Waals surface area (Å²) in [5, 5.41) is 4.82. The third kappa shape index (κ3) is 4.24. The second-order valence-electron chi connectivity index (χ2n) is 5.07. The molecule has 9 heteroatoms. The number of thiazole rings is 1. The Morgan fingerprint density at radius 2 is 2.12 bits per heavy atom. The quantitative estimate of drug-likeness (QED) is 0.661. The summed E-state index contributed by atoms with van der Waals surface area (Å²) in [6.07, 6.45) is 0.458. The molecule has 2 heterocycles. The highest BCUT2D eigenvalue weighted by Crippen LogP contribution is 2.27. The number of aromatic nitrogens is 1. The molecule has 0 bridgehead atoms. The second kappa shape index (κ2) is 7.61. The maximum Gasteiger partial charge on any atom is 0.240 e. The number of ether oxygens (including phenoxy) is 1. The first-order chi connectivity index (χ1) is 12.0. The fraction of sp³-hybridized carbons (Fsp3) is 0.188. The first-order valence-electron chi connectivity index (χ1n) is 7.31. The van der Waals surface area contributed by atoms with E-state index < -0.39 is 15.8 Å². The molecule has 0 amide bonds. The Labute approximate surface area is 153 Å². The molecule has 3 aromatic rings. The molecule has 1 aromatic carbocycles. The monoisotopic (exact) mass is 398 g/mol. The number of hydrogen-bond donors (Lipinski definition) is 1. The third-order valence-corrected chi connectivity index (χ3v) is 6.78. The van der Waals surface area contributed by atoms with Gasteiger partial charge in [-0.1, -0.05) is 6.07 Å². The Kier molecular flexibility index (Phi) is 5.48. The minimum Gasteiger partial charge on any atom is -0.494 e. The van der Waals surface area contributed by atoms with Crippen molar-refractivity contribution in [2.45, 2.75) is 11.3 Å². The van der Waals surface area contributed by atoms with Gasteiger partial charge in [-0.2, -0.15) is 0 Å². The Balaban J connectivity index is 1.62. The van der Waals surface area contributed by atoms with Crippen LogP contribution in [0.3, 0.4) is 0 Å². The van der Waals surface area contributed by atoms with E-state index in [0.29, 0.717) is 6.42 Å². The summed E-state index contributed by atoms with van der Waals surface area (Å²) in [5.74, 6) is -0.715. The molecular formula is C16H15FN2O3S3. The molecule has 132 valence electrons. The van der Waals surface area contributed by atoms with E-state index in [2.05, 4.69) is 9.71 Å². The summed E-state index contributed by atoms with van der Waals surface area (Å²) < 4.78 is 45.4. The molecule has 0 radical (unpaired) electrons. The van der Waals surface area contributed by atoms with Crippen LogP contribution in [-0.4, -0.2) is 27.1 Å². The van der Waals surface area contributed by atoms with Gasteiger partial charge in [0.1, 0.15) is 5.01 Å². The van der Waals surface area contributed by atoms with E-state index in [9.17, 15) is 12.8 Å². The zero-order chi connectivity index (χ0) is 17.9. The van der Waals surface area contributed by atoms with Gasteiger partial charge >= 0.3 is 0 Å². The lowest BCUT2D eigenvalue weighted by molar-refractivity contribution is 0.385. The van der Waals surface area contributed by atoms with Crippen molar-refractivity contribution >= 4 is 32.7 Å². The predicted molar refractivity (Wildman–Crippen MR) is 97.3 cm³/mol. The zero-order valence-electron chi connectivity index (χ0n) is 13.2. The van der Waals surface area contributed by atoms with Crippen LogP contribution in [0.25, 0.3) is 9.88 Å². The molecule has 1 N–H and O–H groups in total. The van der Waals surface area contributed by atoms with E-state index in [1.165, 1.54) is 30.6 Å². The van der Waals surface area contributed by atoms with Gasteiger partial charge in [-0.05, 0) is 29.6 Å². The molecule has 0 spiro atoms. The number of rotatable bonds is 7. The summed E-state index contributed by atoms with van der Waals surface area (Å²) in [4.78, 5) is 5.45. The van der Waals surface area contributed by atoms with E-state index in [-0.39, 0.29) is 17.2 Å². The van der Waals surface area contributed by atoms with Crippen LogP contribution in [0, 0.1) is 5.82 Å². The number of methoxy groups -OCH3 is 1. The van der Waals surface area contributed by atoms with Gasteiger partial charge in [0.05, 0.1) is 22.6 Å². The van der Waals surface area contributed by atoms with E-state index in [1.807, 2.05) is 22.9 Å². The summed E-state index contributed by atoms with van der Waals surface area (Å²) in [7, 11) is -2.46. The van der Waals surface area contributed by atoms with E-state index in [1.54, 1.807) is 11.3 Å². The van der Waals surface area contributed by atoms with Crippen molar-refractivity contribution < 1.29 is 17.5 Å². The van der Waals surface area contributed by atoms with Crippen molar-refractivity contribution in [1.29, 1.82) is 0 Å². The molecule has 2 aromatic heterocycles. The van der Waals surface area contributed by atoms with Crippen molar-refractivity contribution in [2.24, 2.45) is 0 Å². The lowest BCUT2D eigenvalue weighted by Gasteiger charge is -2.07. The zero-order valence-corrected chi connectivity index (χ0v) is 15.7. The minimum absolute atomic E-state index is 0.00234. The largest absolute Gasteiger partial charge is 0.494 e. The van der Waals surface area contributed by atoms with Crippen LogP contribution in [0.5, 0.6) is 5.75 Å². The molecule has 25 heavy (non-hydrogen) atoms. The molecule has 0 saturated carbocycles. The summed E-state index contributed by atoms with van der Waals surface area (Å²) in [6, 6.07) is 7.50. The van der Waals surface area contributed by atoms with Crippen molar-refractivity contribution in [2.75, 3.05) is 13.7 Å². The first kappa shape index (κ1) is 18.0. The maximum absolute atomic E-state index is 13.7. The highest BCUT2D eigenvalue weighted by Gasteiger charge is 2.16. The topological polar surface area (TPSA) is 68.3 Å². The highest BCUT2D eigenvalue weighted by molar-refractivity contribution is 7.89. The van der Waals surface area contributed by atoms with Gasteiger partial charge in [0.15, 0.2) is 11.6 Å². The average molecular weight is 399 g/mol. The minimum atomic E-state index is -3.78. The molecule has 0 fully saturated rings. The Morgan fingerprint density at radius 3 is 2.80 bits per heavy atom. The van der Waals surface area contributed by atoms with Gasteiger partial charge in [-0.3, -0.25) is 0 Å². The van der Waals surface area contributed by atoms with Crippen LogP contribution in [0.1, 0.15) is 5.69 Å². The van der Waals surface area contributed by atoms with Gasteiger partial charge in [-0.25, -0.2) is 22.5 Å². The normalized spacial score (nSPS) is 11.6. The highest BCUT2D eigenvalue weighted by atomic mass is 32.2. The van der Waals surface area contributed by atoms with E-state index in [4.69, 9.17) is 4.74 Å². The van der Waals surface area contributed by atoms with Crippen molar-refractivity contribution in [3.63, 3.8) is 0 Å². The Hall–Kier alpha value is -1.81. The average Bonchev–Trinajstić information content (AvgIpc) is 3.26. The fourth-order valence-electron chi connectivity index (χ4n) is 2.15. The first-order valence-corrected chi connectivity index (χ1v) is 10.6. The number of sulfonamides is 1. The van der Waals surface area contributed by atoms with Crippen LogP contribution in [0.15, 0.2) is 46.0 Å². The Bertz CT molecular complexity index is 953. The number of nitrogens with zero attached hydrogens (tertiary/aromatic N) is 1.